The highest BCUT2D eigenvalue weighted by Gasteiger charge is 2.37. The van der Waals surface area contributed by atoms with E-state index in [4.69, 9.17) is 0 Å². The molecular formula is C23H28ClF3N4O. The first-order valence-electron chi connectivity index (χ1n) is 11.2. The zero-order valence-corrected chi connectivity index (χ0v) is 18.7. The van der Waals surface area contributed by atoms with E-state index in [0.29, 0.717) is 34.5 Å². The lowest BCUT2D eigenvalue weighted by atomic mass is 9.95. The summed E-state index contributed by atoms with van der Waals surface area (Å²) < 4.78 is 39.0. The average Bonchev–Trinajstić information content (AvgIpc) is 3.66. The molecule has 0 unspecified atom stereocenters. The highest BCUT2D eigenvalue weighted by atomic mass is 35.5. The number of fused-ring (bicyclic) bond motifs is 1. The van der Waals surface area contributed by atoms with Crippen molar-refractivity contribution in [2.45, 2.75) is 44.7 Å². The predicted molar refractivity (Wildman–Crippen MR) is 119 cm³/mol. The number of carbonyl (C=O) groups is 1. The standard InChI is InChI=1S/C23H27F3N4O.ClH/c24-23(25,26)20-6-5-18-19(28-20)7-10-27-21(18)29-11-8-16(9-12-29)14-30(13-15-1-2-15)22(31)17-3-4-17;/h5-7,10,15-17H,1-4,8-9,11-14H2;1H. The minimum absolute atomic E-state index is 0. The second kappa shape index (κ2) is 9.04. The van der Waals surface area contributed by atoms with Crippen LogP contribution in [0.25, 0.3) is 10.9 Å². The fourth-order valence-electron chi connectivity index (χ4n) is 4.54. The Kier molecular flexibility index (Phi) is 6.52. The lowest BCUT2D eigenvalue weighted by Crippen LogP contribution is -2.42. The maximum atomic E-state index is 13.0. The van der Waals surface area contributed by atoms with Gasteiger partial charge < -0.3 is 9.80 Å². The van der Waals surface area contributed by atoms with Crippen molar-refractivity contribution in [1.82, 2.24) is 14.9 Å². The molecule has 2 saturated carbocycles. The molecule has 3 fully saturated rings. The van der Waals surface area contributed by atoms with Gasteiger partial charge in [-0.2, -0.15) is 13.2 Å². The van der Waals surface area contributed by atoms with Gasteiger partial charge in [0.2, 0.25) is 5.91 Å². The topological polar surface area (TPSA) is 49.3 Å². The molecule has 0 bridgehead atoms. The Morgan fingerprint density at radius 2 is 1.66 bits per heavy atom. The van der Waals surface area contributed by atoms with E-state index in [1.54, 1.807) is 0 Å². The number of nitrogens with zero attached hydrogens (tertiary/aromatic N) is 4. The lowest BCUT2D eigenvalue weighted by molar-refractivity contribution is -0.141. The summed E-state index contributed by atoms with van der Waals surface area (Å²) in [5, 5.41) is 0.647. The van der Waals surface area contributed by atoms with Crippen LogP contribution in [0.1, 0.15) is 44.2 Å². The van der Waals surface area contributed by atoms with Gasteiger partial charge in [0.05, 0.1) is 5.52 Å². The zero-order valence-electron chi connectivity index (χ0n) is 17.9. The smallest absolute Gasteiger partial charge is 0.356 e. The normalized spacial score (nSPS) is 19.7. The number of carbonyl (C=O) groups excluding carboxylic acids is 1. The molecule has 0 N–H and O–H groups in total. The third-order valence-electron chi connectivity index (χ3n) is 6.69. The van der Waals surface area contributed by atoms with Gasteiger partial charge in [-0.3, -0.25) is 4.79 Å². The first kappa shape index (κ1) is 23.1. The second-order valence-corrected chi connectivity index (χ2v) is 9.29. The van der Waals surface area contributed by atoms with Crippen LogP contribution in [0.5, 0.6) is 0 Å². The van der Waals surface area contributed by atoms with Crippen LogP contribution in [-0.2, 0) is 11.0 Å². The van der Waals surface area contributed by atoms with Crippen molar-refractivity contribution in [3.8, 4) is 0 Å². The van der Waals surface area contributed by atoms with Crippen LogP contribution in [-0.4, -0.2) is 47.0 Å². The van der Waals surface area contributed by atoms with Crippen molar-refractivity contribution in [2.75, 3.05) is 31.1 Å². The lowest BCUT2D eigenvalue weighted by Gasteiger charge is -2.36. The Labute approximate surface area is 191 Å². The van der Waals surface area contributed by atoms with Crippen molar-refractivity contribution in [1.29, 1.82) is 0 Å². The number of aromatic nitrogens is 2. The highest BCUT2D eigenvalue weighted by Crippen LogP contribution is 2.36. The molecule has 2 aliphatic carbocycles. The fourth-order valence-corrected chi connectivity index (χ4v) is 4.54. The number of hydrogen-bond donors (Lipinski definition) is 0. The minimum Gasteiger partial charge on any atom is -0.356 e. The Balaban J connectivity index is 0.00000245. The molecule has 0 radical (unpaired) electrons. The van der Waals surface area contributed by atoms with E-state index < -0.39 is 11.9 Å². The molecule has 9 heteroatoms. The van der Waals surface area contributed by atoms with Gasteiger partial charge in [-0.1, -0.05) is 0 Å². The molecule has 3 heterocycles. The Morgan fingerprint density at radius 3 is 2.25 bits per heavy atom. The molecule has 3 aliphatic rings. The molecule has 2 aromatic rings. The SMILES string of the molecule is Cl.O=C(C1CC1)N(CC1CC1)CC1CCN(c2nccc3nc(C(F)(F)F)ccc23)CC1. The monoisotopic (exact) mass is 468 g/mol. The van der Waals surface area contributed by atoms with Crippen molar-refractivity contribution in [3.63, 3.8) is 0 Å². The number of amides is 1. The van der Waals surface area contributed by atoms with Crippen molar-refractivity contribution in [3.05, 3.63) is 30.1 Å². The Bertz CT molecular complexity index is 969. The van der Waals surface area contributed by atoms with E-state index in [1.165, 1.54) is 31.2 Å². The molecular weight excluding hydrogens is 441 g/mol. The van der Waals surface area contributed by atoms with Gasteiger partial charge in [0.15, 0.2) is 0 Å². The van der Waals surface area contributed by atoms with Gasteiger partial charge >= 0.3 is 6.18 Å². The summed E-state index contributed by atoms with van der Waals surface area (Å²) >= 11 is 0. The first-order valence-corrected chi connectivity index (χ1v) is 11.2. The zero-order chi connectivity index (χ0) is 21.6. The summed E-state index contributed by atoms with van der Waals surface area (Å²) in [6.45, 7) is 3.31. The van der Waals surface area contributed by atoms with Crippen LogP contribution in [0.2, 0.25) is 0 Å². The molecule has 2 aromatic heterocycles. The molecule has 32 heavy (non-hydrogen) atoms. The van der Waals surface area contributed by atoms with Crippen molar-refractivity contribution < 1.29 is 18.0 Å². The molecule has 1 saturated heterocycles. The van der Waals surface area contributed by atoms with Crippen molar-refractivity contribution >= 4 is 35.0 Å². The number of hydrogen-bond acceptors (Lipinski definition) is 4. The van der Waals surface area contributed by atoms with Crippen LogP contribution in [0.15, 0.2) is 24.4 Å². The maximum absolute atomic E-state index is 13.0. The summed E-state index contributed by atoms with van der Waals surface area (Å²) in [5.41, 5.74) is -0.570. The van der Waals surface area contributed by atoms with Crippen LogP contribution >= 0.6 is 12.4 Å². The van der Waals surface area contributed by atoms with E-state index in [-0.39, 0.29) is 18.3 Å². The average molecular weight is 469 g/mol. The van der Waals surface area contributed by atoms with Crippen molar-refractivity contribution in [2.24, 2.45) is 17.8 Å². The van der Waals surface area contributed by atoms with Crippen LogP contribution in [0.4, 0.5) is 19.0 Å². The van der Waals surface area contributed by atoms with Crippen LogP contribution in [0, 0.1) is 17.8 Å². The van der Waals surface area contributed by atoms with Gasteiger partial charge in [-0.25, -0.2) is 9.97 Å². The third-order valence-corrected chi connectivity index (χ3v) is 6.69. The van der Waals surface area contributed by atoms with Gasteiger partial charge in [0, 0.05) is 43.7 Å². The quantitative estimate of drug-likeness (QED) is 0.602. The van der Waals surface area contributed by atoms with Crippen LogP contribution in [0.3, 0.4) is 0 Å². The second-order valence-electron chi connectivity index (χ2n) is 9.29. The van der Waals surface area contributed by atoms with E-state index in [9.17, 15) is 18.0 Å². The number of rotatable bonds is 6. The highest BCUT2D eigenvalue weighted by molar-refractivity contribution is 5.89. The minimum atomic E-state index is -4.46. The molecule has 0 atom stereocenters. The van der Waals surface area contributed by atoms with E-state index >= 15 is 0 Å². The fraction of sp³-hybridized carbons (Fsp3) is 0.609. The van der Waals surface area contributed by atoms with Gasteiger partial charge in [-0.15, -0.1) is 12.4 Å². The number of piperidine rings is 1. The summed E-state index contributed by atoms with van der Waals surface area (Å²) in [6.07, 6.45) is 3.53. The summed E-state index contributed by atoms with van der Waals surface area (Å²) in [7, 11) is 0. The molecule has 1 amide bonds. The first-order chi connectivity index (χ1) is 14.9. The third kappa shape index (κ3) is 5.11. The Hall–Kier alpha value is -2.09. The molecule has 0 spiro atoms. The van der Waals surface area contributed by atoms with E-state index in [1.807, 2.05) is 0 Å². The van der Waals surface area contributed by atoms with Gasteiger partial charge in [0.1, 0.15) is 11.5 Å². The van der Waals surface area contributed by atoms with E-state index in [2.05, 4.69) is 19.8 Å². The largest absolute Gasteiger partial charge is 0.433 e. The van der Waals surface area contributed by atoms with Gasteiger partial charge in [0.25, 0.3) is 0 Å². The number of alkyl halides is 3. The Morgan fingerprint density at radius 1 is 1.00 bits per heavy atom. The number of anilines is 1. The maximum Gasteiger partial charge on any atom is 0.433 e. The molecule has 5 nitrogen and oxygen atoms in total. The van der Waals surface area contributed by atoms with Crippen LogP contribution < -0.4 is 4.90 Å². The summed E-state index contributed by atoms with van der Waals surface area (Å²) in [6, 6.07) is 4.03. The number of pyridine rings is 2. The van der Waals surface area contributed by atoms with Gasteiger partial charge in [-0.05, 0) is 68.6 Å². The molecule has 5 rings (SSSR count). The molecule has 174 valence electrons. The summed E-state index contributed by atoms with van der Waals surface area (Å²) in [4.78, 5) is 25.2. The number of halogens is 4. The molecule has 1 aliphatic heterocycles. The molecule has 0 aromatic carbocycles. The summed E-state index contributed by atoms with van der Waals surface area (Å²) in [5.74, 6) is 2.45. The predicted octanol–water partition coefficient (Wildman–Crippen LogP) is 4.94. The van der Waals surface area contributed by atoms with E-state index in [0.717, 1.165) is 57.9 Å².